The molecular formula is C24H27N5O2. The van der Waals surface area contributed by atoms with Crippen LogP contribution in [0.3, 0.4) is 0 Å². The molecule has 0 unspecified atom stereocenters. The fourth-order valence-corrected chi connectivity index (χ4v) is 3.24. The first kappa shape index (κ1) is 22.1. The standard InChI is InChI=1S/C24H27N5O2/c1-5-17(12-25)7-6-16(2)22-21(19-8-10-20(31-4)11-9-19)23(30)29(3)24(28-22)27-15-18-13-26-14-18/h5-11,18,26H,1,13-15H2,2-4H3,(H,27,28)/b16-6+,17-7+. The molecule has 31 heavy (non-hydrogen) atoms. The van der Waals surface area contributed by atoms with E-state index in [2.05, 4.69) is 23.3 Å². The van der Waals surface area contributed by atoms with E-state index in [0.717, 1.165) is 30.8 Å². The maximum absolute atomic E-state index is 13.4. The van der Waals surface area contributed by atoms with Gasteiger partial charge in [-0.2, -0.15) is 5.26 Å². The molecule has 1 saturated heterocycles. The van der Waals surface area contributed by atoms with Crippen LogP contribution in [0.15, 0.2) is 59.4 Å². The summed E-state index contributed by atoms with van der Waals surface area (Å²) in [6, 6.07) is 9.41. The van der Waals surface area contributed by atoms with Crippen molar-refractivity contribution in [3.05, 3.63) is 70.7 Å². The van der Waals surface area contributed by atoms with E-state index in [1.54, 1.807) is 30.9 Å². The molecule has 7 heteroatoms. The van der Waals surface area contributed by atoms with Crippen LogP contribution in [-0.2, 0) is 7.05 Å². The highest BCUT2D eigenvalue weighted by molar-refractivity contribution is 5.79. The second-order valence-corrected chi connectivity index (χ2v) is 7.44. The van der Waals surface area contributed by atoms with Crippen LogP contribution in [-0.4, -0.2) is 36.3 Å². The molecule has 0 bridgehead atoms. The lowest BCUT2D eigenvalue weighted by atomic mass is 10.0. The van der Waals surface area contributed by atoms with Crippen molar-refractivity contribution in [2.45, 2.75) is 6.92 Å². The van der Waals surface area contributed by atoms with Gasteiger partial charge in [0.05, 0.1) is 30.0 Å². The summed E-state index contributed by atoms with van der Waals surface area (Å²) in [5.74, 6) is 1.75. The van der Waals surface area contributed by atoms with Crippen molar-refractivity contribution in [1.29, 1.82) is 5.26 Å². The normalized spacial score (nSPS) is 14.5. The first-order valence-corrected chi connectivity index (χ1v) is 10.1. The van der Waals surface area contributed by atoms with E-state index in [4.69, 9.17) is 15.0 Å². The number of ether oxygens (including phenoxy) is 1. The molecule has 0 radical (unpaired) electrons. The van der Waals surface area contributed by atoms with Crippen molar-refractivity contribution in [2.75, 3.05) is 32.1 Å². The van der Waals surface area contributed by atoms with E-state index in [9.17, 15) is 4.79 Å². The van der Waals surface area contributed by atoms with Gasteiger partial charge < -0.3 is 15.4 Å². The zero-order chi connectivity index (χ0) is 22.4. The molecule has 2 aromatic rings. The minimum Gasteiger partial charge on any atom is -0.497 e. The van der Waals surface area contributed by atoms with Gasteiger partial charge in [0.15, 0.2) is 0 Å². The summed E-state index contributed by atoms with van der Waals surface area (Å²) in [5.41, 5.74) is 2.88. The molecule has 7 nitrogen and oxygen atoms in total. The maximum atomic E-state index is 13.4. The Morgan fingerprint density at radius 2 is 2.10 bits per heavy atom. The number of anilines is 1. The van der Waals surface area contributed by atoms with Crippen LogP contribution < -0.4 is 20.9 Å². The summed E-state index contributed by atoms with van der Waals surface area (Å²) in [6.45, 7) is 8.18. The molecule has 1 aliphatic rings. The predicted molar refractivity (Wildman–Crippen MR) is 124 cm³/mol. The van der Waals surface area contributed by atoms with Gasteiger partial charge in [0.2, 0.25) is 5.95 Å². The molecule has 1 aromatic carbocycles. The zero-order valence-electron chi connectivity index (χ0n) is 18.1. The molecule has 1 aliphatic heterocycles. The predicted octanol–water partition coefficient (Wildman–Crippen LogP) is 3.13. The summed E-state index contributed by atoms with van der Waals surface area (Å²) in [6.07, 6.45) is 4.95. The van der Waals surface area contributed by atoms with Crippen molar-refractivity contribution in [2.24, 2.45) is 13.0 Å². The molecule has 1 fully saturated rings. The Balaban J connectivity index is 2.12. The summed E-state index contributed by atoms with van der Waals surface area (Å²) < 4.78 is 6.79. The lowest BCUT2D eigenvalue weighted by Gasteiger charge is -2.27. The van der Waals surface area contributed by atoms with Gasteiger partial charge in [-0.15, -0.1) is 0 Å². The first-order chi connectivity index (χ1) is 15.0. The van der Waals surface area contributed by atoms with Gasteiger partial charge in [0.1, 0.15) is 5.75 Å². The number of nitriles is 1. The third-order valence-electron chi connectivity index (χ3n) is 5.32. The summed E-state index contributed by atoms with van der Waals surface area (Å²) in [4.78, 5) is 18.2. The number of methoxy groups -OCH3 is 1. The summed E-state index contributed by atoms with van der Waals surface area (Å²) in [7, 11) is 3.32. The Hall–Kier alpha value is -3.63. The highest BCUT2D eigenvalue weighted by Crippen LogP contribution is 2.27. The van der Waals surface area contributed by atoms with Crippen LogP contribution in [0.1, 0.15) is 12.6 Å². The summed E-state index contributed by atoms with van der Waals surface area (Å²) in [5, 5.41) is 15.7. The second-order valence-electron chi connectivity index (χ2n) is 7.44. The van der Waals surface area contributed by atoms with Gasteiger partial charge in [-0.3, -0.25) is 9.36 Å². The monoisotopic (exact) mass is 417 g/mol. The van der Waals surface area contributed by atoms with Gasteiger partial charge >= 0.3 is 0 Å². The number of aromatic nitrogens is 2. The molecule has 2 N–H and O–H groups in total. The number of hydrogen-bond acceptors (Lipinski definition) is 6. The molecule has 0 saturated carbocycles. The number of rotatable bonds is 8. The van der Waals surface area contributed by atoms with E-state index in [0.29, 0.717) is 34.4 Å². The van der Waals surface area contributed by atoms with Crippen LogP contribution in [0.25, 0.3) is 16.7 Å². The highest BCUT2D eigenvalue weighted by atomic mass is 16.5. The minimum atomic E-state index is -0.148. The Kier molecular flexibility index (Phi) is 7.06. The Labute approximate surface area is 182 Å². The van der Waals surface area contributed by atoms with E-state index in [1.165, 1.54) is 6.08 Å². The van der Waals surface area contributed by atoms with Crippen molar-refractivity contribution in [1.82, 2.24) is 14.9 Å². The lowest BCUT2D eigenvalue weighted by Crippen LogP contribution is -2.45. The molecular weight excluding hydrogens is 390 g/mol. The third-order valence-corrected chi connectivity index (χ3v) is 5.32. The van der Waals surface area contributed by atoms with E-state index < -0.39 is 0 Å². The average molecular weight is 418 g/mol. The molecule has 160 valence electrons. The summed E-state index contributed by atoms with van der Waals surface area (Å²) >= 11 is 0. The minimum absolute atomic E-state index is 0.148. The van der Waals surface area contributed by atoms with Crippen LogP contribution in [0.5, 0.6) is 5.75 Å². The largest absolute Gasteiger partial charge is 0.497 e. The van der Waals surface area contributed by atoms with E-state index in [1.807, 2.05) is 31.2 Å². The van der Waals surface area contributed by atoms with Crippen LogP contribution in [0, 0.1) is 17.2 Å². The zero-order valence-corrected chi connectivity index (χ0v) is 18.1. The topological polar surface area (TPSA) is 92.0 Å². The van der Waals surface area contributed by atoms with Crippen molar-refractivity contribution in [3.8, 4) is 22.9 Å². The average Bonchev–Trinajstić information content (AvgIpc) is 2.76. The highest BCUT2D eigenvalue weighted by Gasteiger charge is 2.20. The fourth-order valence-electron chi connectivity index (χ4n) is 3.24. The van der Waals surface area contributed by atoms with Gasteiger partial charge in [-0.25, -0.2) is 4.98 Å². The molecule has 0 atom stereocenters. The smallest absolute Gasteiger partial charge is 0.263 e. The molecule has 2 heterocycles. The molecule has 0 aliphatic carbocycles. The van der Waals surface area contributed by atoms with Crippen molar-refractivity contribution < 1.29 is 4.74 Å². The van der Waals surface area contributed by atoms with Crippen LogP contribution >= 0.6 is 0 Å². The van der Waals surface area contributed by atoms with Gasteiger partial charge in [-0.1, -0.05) is 30.9 Å². The Bertz CT molecular complexity index is 1120. The van der Waals surface area contributed by atoms with Gasteiger partial charge in [-0.05, 0) is 36.3 Å². The quantitative estimate of drug-likeness (QED) is 0.506. The molecule has 1 aromatic heterocycles. The van der Waals surface area contributed by atoms with Crippen molar-refractivity contribution >= 4 is 11.5 Å². The number of hydrogen-bond donors (Lipinski definition) is 2. The Morgan fingerprint density at radius 1 is 1.39 bits per heavy atom. The SMILES string of the molecule is C=C/C(C#N)=C\C=C(/C)c1nc(NCC2CNC2)n(C)c(=O)c1-c1ccc(OC)cc1. The fraction of sp³-hybridized carbons (Fsp3) is 0.292. The maximum Gasteiger partial charge on any atom is 0.263 e. The van der Waals surface area contributed by atoms with Gasteiger partial charge in [0, 0.05) is 32.6 Å². The Morgan fingerprint density at radius 3 is 2.65 bits per heavy atom. The van der Waals surface area contributed by atoms with Crippen LogP contribution in [0.2, 0.25) is 0 Å². The van der Waals surface area contributed by atoms with Crippen molar-refractivity contribution in [3.63, 3.8) is 0 Å². The number of nitrogens with zero attached hydrogens (tertiary/aromatic N) is 3. The van der Waals surface area contributed by atoms with Gasteiger partial charge in [0.25, 0.3) is 5.56 Å². The van der Waals surface area contributed by atoms with E-state index in [-0.39, 0.29) is 5.56 Å². The molecule has 0 spiro atoms. The third kappa shape index (κ3) is 4.93. The first-order valence-electron chi connectivity index (χ1n) is 10.1. The molecule has 0 amide bonds. The number of nitrogens with one attached hydrogen (secondary N) is 2. The van der Waals surface area contributed by atoms with E-state index >= 15 is 0 Å². The lowest BCUT2D eigenvalue weighted by molar-refractivity contribution is 0.364. The molecule has 3 rings (SSSR count). The second kappa shape index (κ2) is 9.92. The number of allylic oxidation sites excluding steroid dienone is 5. The van der Waals surface area contributed by atoms with Crippen LogP contribution in [0.4, 0.5) is 5.95 Å². The number of benzene rings is 1.